The van der Waals surface area contributed by atoms with Gasteiger partial charge in [0.2, 0.25) is 0 Å². The minimum Gasteiger partial charge on any atom is -0.373 e. The summed E-state index contributed by atoms with van der Waals surface area (Å²) in [6.07, 6.45) is 3.46. The molecule has 19 heavy (non-hydrogen) atoms. The van der Waals surface area contributed by atoms with Crippen molar-refractivity contribution in [3.05, 3.63) is 41.7 Å². The number of anilines is 3. The SMILES string of the molecule is CCc1ccccc1Nc1ncnc(NC)c1CC. The number of aromatic nitrogens is 2. The van der Waals surface area contributed by atoms with Crippen LogP contribution in [0, 0.1) is 0 Å². The molecule has 4 nitrogen and oxygen atoms in total. The Morgan fingerprint density at radius 3 is 2.42 bits per heavy atom. The molecule has 100 valence electrons. The second-order valence-corrected chi connectivity index (χ2v) is 4.29. The van der Waals surface area contributed by atoms with Crippen molar-refractivity contribution in [2.75, 3.05) is 17.7 Å². The highest BCUT2D eigenvalue weighted by molar-refractivity contribution is 5.66. The molecule has 0 aliphatic rings. The first kappa shape index (κ1) is 13.3. The van der Waals surface area contributed by atoms with E-state index in [1.807, 2.05) is 13.1 Å². The van der Waals surface area contributed by atoms with E-state index in [0.717, 1.165) is 35.7 Å². The summed E-state index contributed by atoms with van der Waals surface area (Å²) in [6.45, 7) is 4.26. The molecule has 0 aliphatic heterocycles. The highest BCUT2D eigenvalue weighted by atomic mass is 15.1. The van der Waals surface area contributed by atoms with Crippen molar-refractivity contribution in [3.8, 4) is 0 Å². The maximum Gasteiger partial charge on any atom is 0.139 e. The number of rotatable bonds is 5. The summed E-state index contributed by atoms with van der Waals surface area (Å²) in [5.74, 6) is 1.76. The second-order valence-electron chi connectivity index (χ2n) is 4.29. The summed E-state index contributed by atoms with van der Waals surface area (Å²) >= 11 is 0. The largest absolute Gasteiger partial charge is 0.373 e. The zero-order valence-electron chi connectivity index (χ0n) is 11.7. The Balaban J connectivity index is 2.38. The summed E-state index contributed by atoms with van der Waals surface area (Å²) in [7, 11) is 1.88. The lowest BCUT2D eigenvalue weighted by atomic mass is 10.1. The zero-order chi connectivity index (χ0) is 13.7. The van der Waals surface area contributed by atoms with Crippen LogP contribution in [-0.2, 0) is 12.8 Å². The second kappa shape index (κ2) is 6.18. The highest BCUT2D eigenvalue weighted by Gasteiger charge is 2.09. The van der Waals surface area contributed by atoms with Crippen LogP contribution in [0.3, 0.4) is 0 Å². The average Bonchev–Trinajstić information content (AvgIpc) is 2.47. The van der Waals surface area contributed by atoms with Crippen molar-refractivity contribution >= 4 is 17.3 Å². The molecule has 4 heteroatoms. The van der Waals surface area contributed by atoms with E-state index in [0.29, 0.717) is 0 Å². The van der Waals surface area contributed by atoms with Crippen LogP contribution in [-0.4, -0.2) is 17.0 Å². The molecule has 0 amide bonds. The number of para-hydroxylation sites is 1. The van der Waals surface area contributed by atoms with Crippen molar-refractivity contribution < 1.29 is 0 Å². The molecule has 0 fully saturated rings. The van der Waals surface area contributed by atoms with Crippen LogP contribution in [0.4, 0.5) is 17.3 Å². The number of hydrogen-bond acceptors (Lipinski definition) is 4. The Hall–Kier alpha value is -2.10. The molecule has 2 aromatic rings. The lowest BCUT2D eigenvalue weighted by molar-refractivity contribution is 1.04. The molecule has 1 aromatic carbocycles. The van der Waals surface area contributed by atoms with Gasteiger partial charge in [0.25, 0.3) is 0 Å². The van der Waals surface area contributed by atoms with Gasteiger partial charge < -0.3 is 10.6 Å². The first-order valence-electron chi connectivity index (χ1n) is 6.66. The monoisotopic (exact) mass is 256 g/mol. The molecular formula is C15H20N4. The van der Waals surface area contributed by atoms with Crippen LogP contribution in [0.5, 0.6) is 0 Å². The van der Waals surface area contributed by atoms with E-state index in [4.69, 9.17) is 0 Å². The van der Waals surface area contributed by atoms with Crippen molar-refractivity contribution in [1.82, 2.24) is 9.97 Å². The van der Waals surface area contributed by atoms with Crippen LogP contribution in [0.1, 0.15) is 25.0 Å². The van der Waals surface area contributed by atoms with Crippen molar-refractivity contribution in [1.29, 1.82) is 0 Å². The number of hydrogen-bond donors (Lipinski definition) is 2. The van der Waals surface area contributed by atoms with Gasteiger partial charge in [-0.3, -0.25) is 0 Å². The molecule has 2 N–H and O–H groups in total. The van der Waals surface area contributed by atoms with Gasteiger partial charge in [0.15, 0.2) is 0 Å². The van der Waals surface area contributed by atoms with E-state index in [1.165, 1.54) is 5.56 Å². The smallest absolute Gasteiger partial charge is 0.139 e. The fraction of sp³-hybridized carbons (Fsp3) is 0.333. The molecule has 0 unspecified atom stereocenters. The Labute approximate surface area is 114 Å². The van der Waals surface area contributed by atoms with Gasteiger partial charge in [-0.15, -0.1) is 0 Å². The molecule has 1 aromatic heterocycles. The quantitative estimate of drug-likeness (QED) is 0.861. The molecule has 0 bridgehead atoms. The van der Waals surface area contributed by atoms with Gasteiger partial charge in [0, 0.05) is 18.3 Å². The van der Waals surface area contributed by atoms with Crippen LogP contribution < -0.4 is 10.6 Å². The standard InChI is InChI=1S/C15H20N4/c1-4-11-8-6-7-9-13(11)19-15-12(5-2)14(16-3)17-10-18-15/h6-10H,4-5H2,1-3H3,(H2,16,17,18,19). The summed E-state index contributed by atoms with van der Waals surface area (Å²) in [4.78, 5) is 8.62. The van der Waals surface area contributed by atoms with E-state index in [9.17, 15) is 0 Å². The Morgan fingerprint density at radius 2 is 1.74 bits per heavy atom. The molecule has 0 radical (unpaired) electrons. The van der Waals surface area contributed by atoms with Crippen LogP contribution in [0.15, 0.2) is 30.6 Å². The summed E-state index contributed by atoms with van der Waals surface area (Å²) in [5.41, 5.74) is 3.51. The van der Waals surface area contributed by atoms with Crippen LogP contribution in [0.25, 0.3) is 0 Å². The van der Waals surface area contributed by atoms with E-state index in [1.54, 1.807) is 6.33 Å². The topological polar surface area (TPSA) is 49.8 Å². The molecule has 1 heterocycles. The van der Waals surface area contributed by atoms with Gasteiger partial charge in [-0.25, -0.2) is 9.97 Å². The molecule has 0 saturated carbocycles. The Bertz CT molecular complexity index is 552. The van der Waals surface area contributed by atoms with E-state index in [-0.39, 0.29) is 0 Å². The summed E-state index contributed by atoms with van der Waals surface area (Å²) in [5, 5.41) is 6.54. The van der Waals surface area contributed by atoms with Crippen LogP contribution >= 0.6 is 0 Å². The number of nitrogens with zero attached hydrogens (tertiary/aromatic N) is 2. The van der Waals surface area contributed by atoms with Gasteiger partial charge in [-0.2, -0.15) is 0 Å². The van der Waals surface area contributed by atoms with E-state index >= 15 is 0 Å². The minimum atomic E-state index is 0.878. The Kier molecular flexibility index (Phi) is 4.34. The fourth-order valence-electron chi connectivity index (χ4n) is 2.15. The molecular weight excluding hydrogens is 236 g/mol. The number of nitrogens with one attached hydrogen (secondary N) is 2. The predicted octanol–water partition coefficient (Wildman–Crippen LogP) is 3.39. The molecule has 0 spiro atoms. The van der Waals surface area contributed by atoms with Gasteiger partial charge in [-0.05, 0) is 24.5 Å². The lowest BCUT2D eigenvalue weighted by Gasteiger charge is -2.14. The third-order valence-corrected chi connectivity index (χ3v) is 3.19. The first-order valence-corrected chi connectivity index (χ1v) is 6.66. The van der Waals surface area contributed by atoms with Gasteiger partial charge in [-0.1, -0.05) is 32.0 Å². The lowest BCUT2D eigenvalue weighted by Crippen LogP contribution is -2.05. The van der Waals surface area contributed by atoms with Crippen molar-refractivity contribution in [2.45, 2.75) is 26.7 Å². The molecule has 2 rings (SSSR count). The zero-order valence-corrected chi connectivity index (χ0v) is 11.7. The van der Waals surface area contributed by atoms with E-state index in [2.05, 4.69) is 52.6 Å². The van der Waals surface area contributed by atoms with Gasteiger partial charge >= 0.3 is 0 Å². The van der Waals surface area contributed by atoms with Gasteiger partial charge in [0.05, 0.1) is 0 Å². The maximum absolute atomic E-state index is 4.37. The number of aryl methyl sites for hydroxylation is 1. The van der Waals surface area contributed by atoms with Crippen molar-refractivity contribution in [2.24, 2.45) is 0 Å². The number of benzene rings is 1. The van der Waals surface area contributed by atoms with E-state index < -0.39 is 0 Å². The third kappa shape index (κ3) is 2.84. The minimum absolute atomic E-state index is 0.878. The van der Waals surface area contributed by atoms with Crippen molar-refractivity contribution in [3.63, 3.8) is 0 Å². The maximum atomic E-state index is 4.37. The Morgan fingerprint density at radius 1 is 1.00 bits per heavy atom. The molecule has 0 atom stereocenters. The molecule has 0 aliphatic carbocycles. The normalized spacial score (nSPS) is 10.3. The van der Waals surface area contributed by atoms with Crippen LogP contribution in [0.2, 0.25) is 0 Å². The van der Waals surface area contributed by atoms with Gasteiger partial charge in [0.1, 0.15) is 18.0 Å². The predicted molar refractivity (Wildman–Crippen MR) is 80.1 cm³/mol. The summed E-state index contributed by atoms with van der Waals surface area (Å²) < 4.78 is 0. The first-order chi connectivity index (χ1) is 9.30. The third-order valence-electron chi connectivity index (χ3n) is 3.19. The fourth-order valence-corrected chi connectivity index (χ4v) is 2.15. The average molecular weight is 256 g/mol. The molecule has 0 saturated heterocycles. The highest BCUT2D eigenvalue weighted by Crippen LogP contribution is 2.25. The summed E-state index contributed by atoms with van der Waals surface area (Å²) in [6, 6.07) is 8.31.